The molecule has 0 N–H and O–H groups in total. The van der Waals surface area contributed by atoms with Crippen molar-refractivity contribution in [1.82, 2.24) is 4.90 Å². The van der Waals surface area contributed by atoms with E-state index in [1.54, 1.807) is 24.3 Å². The third-order valence-corrected chi connectivity index (χ3v) is 4.33. The first-order valence-electron chi connectivity index (χ1n) is 8.46. The van der Waals surface area contributed by atoms with Crippen molar-refractivity contribution in [1.29, 1.82) is 5.26 Å². The molecule has 0 aromatic heterocycles. The number of carbonyl (C=O) groups excluding carboxylic acids is 1. The fourth-order valence-corrected chi connectivity index (χ4v) is 2.83. The van der Waals surface area contributed by atoms with Gasteiger partial charge in [0, 0.05) is 12.6 Å². The van der Waals surface area contributed by atoms with E-state index in [9.17, 15) is 18.0 Å². The van der Waals surface area contributed by atoms with E-state index in [-0.39, 0.29) is 30.5 Å². The van der Waals surface area contributed by atoms with Gasteiger partial charge in [0.05, 0.1) is 11.1 Å². The number of ether oxygens (including phenoxy) is 1. The molecule has 1 amide bonds. The first kappa shape index (κ1) is 18.8. The van der Waals surface area contributed by atoms with E-state index in [4.69, 9.17) is 10.00 Å². The number of carbonyl (C=O) groups is 1. The molecule has 2 aromatic carbocycles. The first-order valence-corrected chi connectivity index (χ1v) is 8.46. The molecule has 0 bridgehead atoms. The number of nitrogens with zero attached hydrogens (tertiary/aromatic N) is 2. The number of hydrogen-bond donors (Lipinski definition) is 0. The van der Waals surface area contributed by atoms with Gasteiger partial charge in [-0.25, -0.2) is 0 Å². The Hall–Kier alpha value is -3.01. The lowest BCUT2D eigenvalue weighted by Gasteiger charge is -2.24. The molecule has 0 saturated heterocycles. The predicted octanol–water partition coefficient (Wildman–Crippen LogP) is 4.15. The van der Waals surface area contributed by atoms with Crippen molar-refractivity contribution < 1.29 is 22.7 Å². The van der Waals surface area contributed by atoms with Crippen LogP contribution in [0.3, 0.4) is 0 Å². The summed E-state index contributed by atoms with van der Waals surface area (Å²) in [5.41, 5.74) is -0.382. The number of halogens is 3. The number of rotatable bonds is 6. The highest BCUT2D eigenvalue weighted by molar-refractivity contribution is 5.78. The minimum atomic E-state index is -4.48. The fraction of sp³-hybridized carbons (Fsp3) is 0.300. The molecule has 0 aliphatic heterocycles. The number of para-hydroxylation sites is 1. The van der Waals surface area contributed by atoms with Crippen LogP contribution in [0.1, 0.15) is 29.5 Å². The Bertz CT molecular complexity index is 870. The molecular formula is C20H17F3N2O2. The zero-order valence-electron chi connectivity index (χ0n) is 14.4. The quantitative estimate of drug-likeness (QED) is 0.763. The van der Waals surface area contributed by atoms with E-state index >= 15 is 0 Å². The third-order valence-electron chi connectivity index (χ3n) is 4.33. The van der Waals surface area contributed by atoms with Gasteiger partial charge in [-0.05, 0) is 36.6 Å². The second-order valence-corrected chi connectivity index (χ2v) is 6.30. The zero-order chi connectivity index (χ0) is 19.4. The van der Waals surface area contributed by atoms with Crippen molar-refractivity contribution >= 4 is 5.91 Å². The summed E-state index contributed by atoms with van der Waals surface area (Å²) in [6.07, 6.45) is -2.96. The minimum Gasteiger partial charge on any atom is -0.482 e. The molecule has 1 aliphatic carbocycles. The average molecular weight is 374 g/mol. The van der Waals surface area contributed by atoms with Crippen LogP contribution in [-0.2, 0) is 17.5 Å². The summed E-state index contributed by atoms with van der Waals surface area (Å²) < 4.78 is 45.1. The number of amides is 1. The summed E-state index contributed by atoms with van der Waals surface area (Å²) in [7, 11) is 0. The van der Waals surface area contributed by atoms with Crippen LogP contribution in [0.5, 0.6) is 5.75 Å². The Morgan fingerprint density at radius 3 is 2.48 bits per heavy atom. The average Bonchev–Trinajstić information content (AvgIpc) is 3.49. The second-order valence-electron chi connectivity index (χ2n) is 6.30. The van der Waals surface area contributed by atoms with Crippen molar-refractivity contribution in [3.05, 3.63) is 65.2 Å². The second kappa shape index (κ2) is 7.70. The normalized spacial score (nSPS) is 13.7. The van der Waals surface area contributed by atoms with Crippen molar-refractivity contribution in [3.8, 4) is 11.8 Å². The Balaban J connectivity index is 1.73. The van der Waals surface area contributed by atoms with Crippen LogP contribution >= 0.6 is 0 Å². The van der Waals surface area contributed by atoms with Crippen LogP contribution in [0.25, 0.3) is 0 Å². The van der Waals surface area contributed by atoms with Gasteiger partial charge in [0.25, 0.3) is 5.91 Å². The van der Waals surface area contributed by atoms with Crippen LogP contribution in [-0.4, -0.2) is 23.5 Å². The van der Waals surface area contributed by atoms with Crippen LogP contribution < -0.4 is 4.74 Å². The molecule has 1 saturated carbocycles. The van der Waals surface area contributed by atoms with E-state index in [0.717, 1.165) is 18.9 Å². The highest BCUT2D eigenvalue weighted by Gasteiger charge is 2.37. The number of benzene rings is 2. The molecule has 0 radical (unpaired) electrons. The van der Waals surface area contributed by atoms with Gasteiger partial charge >= 0.3 is 6.18 Å². The molecule has 0 spiro atoms. The summed E-state index contributed by atoms with van der Waals surface area (Å²) in [5.74, 6) is -0.123. The maximum atomic E-state index is 13.2. The van der Waals surface area contributed by atoms with Gasteiger partial charge in [-0.1, -0.05) is 30.3 Å². The van der Waals surface area contributed by atoms with Gasteiger partial charge in [0.2, 0.25) is 0 Å². The maximum Gasteiger partial charge on any atom is 0.416 e. The number of nitriles is 1. The van der Waals surface area contributed by atoms with Gasteiger partial charge in [0.1, 0.15) is 11.8 Å². The highest BCUT2D eigenvalue weighted by atomic mass is 19.4. The molecular weight excluding hydrogens is 357 g/mol. The number of hydrogen-bond acceptors (Lipinski definition) is 3. The van der Waals surface area contributed by atoms with Crippen LogP contribution in [0.15, 0.2) is 48.5 Å². The standard InChI is InChI=1S/C20H17F3N2O2/c21-20(22,23)17-7-3-1-6-15(17)12-25(16-9-10-16)19(26)13-27-18-8-4-2-5-14(18)11-24/h1-8,16H,9-10,12-13H2. The van der Waals surface area contributed by atoms with E-state index < -0.39 is 17.6 Å². The molecule has 0 unspecified atom stereocenters. The first-order chi connectivity index (χ1) is 12.9. The summed E-state index contributed by atoms with van der Waals surface area (Å²) >= 11 is 0. The topological polar surface area (TPSA) is 53.3 Å². The Kier molecular flexibility index (Phi) is 5.36. The van der Waals surface area contributed by atoms with Crippen LogP contribution in [0, 0.1) is 11.3 Å². The molecule has 1 fully saturated rings. The van der Waals surface area contributed by atoms with Crippen LogP contribution in [0.2, 0.25) is 0 Å². The van der Waals surface area contributed by atoms with Gasteiger partial charge in [-0.3, -0.25) is 4.79 Å². The summed E-state index contributed by atoms with van der Waals surface area (Å²) in [4.78, 5) is 14.0. The third kappa shape index (κ3) is 4.59. The van der Waals surface area contributed by atoms with Gasteiger partial charge in [-0.15, -0.1) is 0 Å². The van der Waals surface area contributed by atoms with Gasteiger partial charge < -0.3 is 9.64 Å². The molecule has 1 aliphatic rings. The van der Waals surface area contributed by atoms with Crippen LogP contribution in [0.4, 0.5) is 13.2 Å². The molecule has 2 aromatic rings. The van der Waals surface area contributed by atoms with Crippen molar-refractivity contribution in [2.45, 2.75) is 31.6 Å². The smallest absolute Gasteiger partial charge is 0.416 e. The SMILES string of the molecule is N#Cc1ccccc1OCC(=O)N(Cc1ccccc1C(F)(F)F)C1CC1. The monoisotopic (exact) mass is 374 g/mol. The van der Waals surface area contributed by atoms with E-state index in [2.05, 4.69) is 0 Å². The van der Waals surface area contributed by atoms with Gasteiger partial charge in [0.15, 0.2) is 6.61 Å². The summed E-state index contributed by atoms with van der Waals surface area (Å²) in [6.45, 7) is -0.453. The van der Waals surface area contributed by atoms with E-state index in [0.29, 0.717) is 5.56 Å². The molecule has 0 atom stereocenters. The van der Waals surface area contributed by atoms with Crippen molar-refractivity contribution in [2.75, 3.05) is 6.61 Å². The molecule has 140 valence electrons. The Labute approximate surface area is 154 Å². The molecule has 4 nitrogen and oxygen atoms in total. The van der Waals surface area contributed by atoms with Crippen molar-refractivity contribution in [3.63, 3.8) is 0 Å². The largest absolute Gasteiger partial charge is 0.482 e. The molecule has 3 rings (SSSR count). The minimum absolute atomic E-state index is 0.0580. The Morgan fingerprint density at radius 1 is 1.15 bits per heavy atom. The lowest BCUT2D eigenvalue weighted by Crippen LogP contribution is -2.36. The lowest BCUT2D eigenvalue weighted by atomic mass is 10.1. The molecule has 0 heterocycles. The number of alkyl halides is 3. The van der Waals surface area contributed by atoms with Crippen molar-refractivity contribution in [2.24, 2.45) is 0 Å². The lowest BCUT2D eigenvalue weighted by molar-refractivity contribution is -0.140. The highest BCUT2D eigenvalue weighted by Crippen LogP contribution is 2.34. The predicted molar refractivity (Wildman–Crippen MR) is 91.7 cm³/mol. The maximum absolute atomic E-state index is 13.2. The molecule has 27 heavy (non-hydrogen) atoms. The summed E-state index contributed by atoms with van der Waals surface area (Å²) in [6, 6.07) is 13.7. The summed E-state index contributed by atoms with van der Waals surface area (Å²) in [5, 5.41) is 9.06. The Morgan fingerprint density at radius 2 is 1.81 bits per heavy atom. The van der Waals surface area contributed by atoms with E-state index in [1.165, 1.54) is 23.1 Å². The van der Waals surface area contributed by atoms with Gasteiger partial charge in [-0.2, -0.15) is 18.4 Å². The zero-order valence-corrected chi connectivity index (χ0v) is 14.4. The molecule has 7 heteroatoms. The van der Waals surface area contributed by atoms with E-state index in [1.807, 2.05) is 6.07 Å². The fourth-order valence-electron chi connectivity index (χ4n) is 2.83.